The molecule has 0 bridgehead atoms. The van der Waals surface area contributed by atoms with Crippen LogP contribution in [0.3, 0.4) is 0 Å². The third kappa shape index (κ3) is 2.73. The third-order valence-electron chi connectivity index (χ3n) is 2.31. The lowest BCUT2D eigenvalue weighted by molar-refractivity contribution is -0.0888. The van der Waals surface area contributed by atoms with E-state index < -0.39 is 0 Å². The van der Waals surface area contributed by atoms with E-state index in [-0.39, 0.29) is 12.8 Å². The Hall–Kier alpha value is -0.120. The fraction of sp³-hybridized carbons (Fsp3) is 1.00. The number of hydrogen-bond acceptors (Lipinski definition) is 3. The third-order valence-corrected chi connectivity index (χ3v) is 2.31. The average Bonchev–Trinajstić information content (AvgIpc) is 2.15. The van der Waals surface area contributed by atoms with Gasteiger partial charge in [-0.15, -0.1) is 0 Å². The molecule has 1 fully saturated rings. The Balaban J connectivity index is 2.29. The van der Waals surface area contributed by atoms with Gasteiger partial charge in [-0.2, -0.15) is 0 Å². The second-order valence-corrected chi connectivity index (χ2v) is 3.19. The van der Waals surface area contributed by atoms with Crippen molar-refractivity contribution < 1.29 is 9.84 Å². The Kier molecular flexibility index (Phi) is 4.58. The van der Waals surface area contributed by atoms with Gasteiger partial charge in [0.1, 0.15) is 6.23 Å². The topological polar surface area (TPSA) is 32.7 Å². The molecule has 0 saturated carbocycles. The minimum Gasteiger partial charge on any atom is -0.392 e. The summed E-state index contributed by atoms with van der Waals surface area (Å²) in [5.41, 5.74) is 0. The van der Waals surface area contributed by atoms with Gasteiger partial charge in [0.25, 0.3) is 0 Å². The molecule has 1 N–H and O–H groups in total. The lowest BCUT2D eigenvalue weighted by atomic mass is 10.1. The zero-order valence-electron chi connectivity index (χ0n) is 7.83. The van der Waals surface area contributed by atoms with Gasteiger partial charge in [-0.05, 0) is 19.8 Å². The van der Waals surface area contributed by atoms with Crippen molar-refractivity contribution in [1.82, 2.24) is 4.90 Å². The molecular weight excluding hydrogens is 154 g/mol. The number of aliphatic hydroxyl groups excluding tert-OH is 1. The first-order valence-corrected chi connectivity index (χ1v) is 4.85. The molecule has 12 heavy (non-hydrogen) atoms. The fourth-order valence-electron chi connectivity index (χ4n) is 1.67. The van der Waals surface area contributed by atoms with Crippen molar-refractivity contribution >= 4 is 0 Å². The molecule has 0 aromatic heterocycles. The number of piperidine rings is 1. The maximum atomic E-state index is 9.04. The lowest BCUT2D eigenvalue weighted by Crippen LogP contribution is -2.43. The highest BCUT2D eigenvalue weighted by molar-refractivity contribution is 4.67. The van der Waals surface area contributed by atoms with Crippen molar-refractivity contribution in [2.75, 3.05) is 26.3 Å². The number of rotatable bonds is 4. The summed E-state index contributed by atoms with van der Waals surface area (Å²) in [5.74, 6) is 0. The Morgan fingerprint density at radius 2 is 2.00 bits per heavy atom. The van der Waals surface area contributed by atoms with E-state index in [4.69, 9.17) is 9.84 Å². The first-order chi connectivity index (χ1) is 5.88. The van der Waals surface area contributed by atoms with E-state index in [0.717, 1.165) is 13.1 Å². The summed E-state index contributed by atoms with van der Waals surface area (Å²) in [6.07, 6.45) is 3.74. The van der Waals surface area contributed by atoms with Gasteiger partial charge in [-0.3, -0.25) is 4.90 Å². The second-order valence-electron chi connectivity index (χ2n) is 3.19. The smallest absolute Gasteiger partial charge is 0.133 e. The standard InChI is InChI=1S/C9H19NO2/c1-2-12-9(8-11)10-6-4-3-5-7-10/h9,11H,2-8H2,1H3. The largest absolute Gasteiger partial charge is 0.392 e. The fourth-order valence-corrected chi connectivity index (χ4v) is 1.67. The number of hydrogen-bond donors (Lipinski definition) is 1. The first-order valence-electron chi connectivity index (χ1n) is 4.85. The van der Waals surface area contributed by atoms with E-state index in [2.05, 4.69) is 4.90 Å². The van der Waals surface area contributed by atoms with Gasteiger partial charge in [0.15, 0.2) is 0 Å². The normalized spacial score (nSPS) is 22.5. The highest BCUT2D eigenvalue weighted by Gasteiger charge is 2.19. The highest BCUT2D eigenvalue weighted by Crippen LogP contribution is 2.12. The number of ether oxygens (including phenoxy) is 1. The van der Waals surface area contributed by atoms with Crippen LogP contribution in [0, 0.1) is 0 Å². The minimum atomic E-state index is -0.0599. The quantitative estimate of drug-likeness (QED) is 0.683. The van der Waals surface area contributed by atoms with Crippen molar-refractivity contribution in [3.05, 3.63) is 0 Å². The van der Waals surface area contributed by atoms with Gasteiger partial charge in [0.05, 0.1) is 6.61 Å². The lowest BCUT2D eigenvalue weighted by Gasteiger charge is -2.32. The number of aliphatic hydroxyl groups is 1. The molecule has 3 heteroatoms. The zero-order chi connectivity index (χ0) is 8.81. The van der Waals surface area contributed by atoms with E-state index in [1.807, 2.05) is 6.92 Å². The van der Waals surface area contributed by atoms with Crippen LogP contribution in [-0.2, 0) is 4.74 Å². The van der Waals surface area contributed by atoms with Gasteiger partial charge in [-0.25, -0.2) is 0 Å². The van der Waals surface area contributed by atoms with Crippen LogP contribution in [0.15, 0.2) is 0 Å². The second kappa shape index (κ2) is 5.51. The molecule has 1 aliphatic rings. The summed E-state index contributed by atoms with van der Waals surface area (Å²) in [6, 6.07) is 0. The molecule has 3 nitrogen and oxygen atoms in total. The predicted octanol–water partition coefficient (Wildman–Crippen LogP) is 0.827. The Morgan fingerprint density at radius 3 is 2.50 bits per heavy atom. The van der Waals surface area contributed by atoms with Gasteiger partial charge < -0.3 is 9.84 Å². The molecule has 1 rings (SSSR count). The van der Waals surface area contributed by atoms with Crippen molar-refractivity contribution in [3.8, 4) is 0 Å². The molecule has 1 unspecified atom stereocenters. The van der Waals surface area contributed by atoms with E-state index >= 15 is 0 Å². The molecule has 72 valence electrons. The molecule has 1 aliphatic heterocycles. The number of likely N-dealkylation sites (tertiary alicyclic amines) is 1. The van der Waals surface area contributed by atoms with Crippen LogP contribution >= 0.6 is 0 Å². The van der Waals surface area contributed by atoms with Crippen molar-refractivity contribution in [2.45, 2.75) is 32.4 Å². The summed E-state index contributed by atoms with van der Waals surface area (Å²) < 4.78 is 5.41. The van der Waals surface area contributed by atoms with Crippen LogP contribution < -0.4 is 0 Å². The van der Waals surface area contributed by atoms with E-state index in [9.17, 15) is 0 Å². The summed E-state index contributed by atoms with van der Waals surface area (Å²) in [5, 5.41) is 9.04. The molecule has 1 heterocycles. The maximum absolute atomic E-state index is 9.04. The Labute approximate surface area is 74.3 Å². The van der Waals surface area contributed by atoms with Crippen LogP contribution in [0.2, 0.25) is 0 Å². The number of nitrogens with zero attached hydrogens (tertiary/aromatic N) is 1. The molecule has 0 radical (unpaired) electrons. The highest BCUT2D eigenvalue weighted by atomic mass is 16.5. The molecule has 0 aromatic carbocycles. The monoisotopic (exact) mass is 173 g/mol. The van der Waals surface area contributed by atoms with E-state index in [1.165, 1.54) is 19.3 Å². The van der Waals surface area contributed by atoms with Crippen LogP contribution in [0.25, 0.3) is 0 Å². The van der Waals surface area contributed by atoms with Crippen molar-refractivity contribution in [1.29, 1.82) is 0 Å². The summed E-state index contributed by atoms with van der Waals surface area (Å²) in [6.45, 7) is 4.92. The molecule has 1 atom stereocenters. The molecule has 0 spiro atoms. The van der Waals surface area contributed by atoms with Crippen LogP contribution in [-0.4, -0.2) is 42.5 Å². The zero-order valence-corrected chi connectivity index (χ0v) is 7.83. The molecule has 1 saturated heterocycles. The predicted molar refractivity (Wildman–Crippen MR) is 47.9 cm³/mol. The van der Waals surface area contributed by atoms with Crippen LogP contribution in [0.4, 0.5) is 0 Å². The molecular formula is C9H19NO2. The van der Waals surface area contributed by atoms with Crippen molar-refractivity contribution in [3.63, 3.8) is 0 Å². The van der Waals surface area contributed by atoms with E-state index in [0.29, 0.717) is 6.61 Å². The van der Waals surface area contributed by atoms with E-state index in [1.54, 1.807) is 0 Å². The van der Waals surface area contributed by atoms with Crippen LogP contribution in [0.5, 0.6) is 0 Å². The SMILES string of the molecule is CCOC(CO)N1CCCCC1. The Bertz CT molecular complexity index is 110. The van der Waals surface area contributed by atoms with Gasteiger partial charge >= 0.3 is 0 Å². The summed E-state index contributed by atoms with van der Waals surface area (Å²) in [7, 11) is 0. The summed E-state index contributed by atoms with van der Waals surface area (Å²) >= 11 is 0. The average molecular weight is 173 g/mol. The van der Waals surface area contributed by atoms with Gasteiger partial charge in [-0.1, -0.05) is 6.42 Å². The van der Waals surface area contributed by atoms with Crippen LogP contribution in [0.1, 0.15) is 26.2 Å². The molecule has 0 amide bonds. The first kappa shape index (κ1) is 9.96. The van der Waals surface area contributed by atoms with Gasteiger partial charge in [0, 0.05) is 19.7 Å². The Morgan fingerprint density at radius 1 is 1.33 bits per heavy atom. The minimum absolute atomic E-state index is 0.0599. The molecule has 0 aromatic rings. The van der Waals surface area contributed by atoms with Crippen molar-refractivity contribution in [2.24, 2.45) is 0 Å². The molecule has 0 aliphatic carbocycles. The van der Waals surface area contributed by atoms with Gasteiger partial charge in [0.2, 0.25) is 0 Å². The summed E-state index contributed by atoms with van der Waals surface area (Å²) in [4.78, 5) is 2.23. The maximum Gasteiger partial charge on any atom is 0.133 e.